The predicted molar refractivity (Wildman–Crippen MR) is 91.2 cm³/mol. The highest BCUT2D eigenvalue weighted by Crippen LogP contribution is 2.23. The van der Waals surface area contributed by atoms with Gasteiger partial charge in [0, 0.05) is 24.0 Å². The normalized spacial score (nSPS) is 19.9. The summed E-state index contributed by atoms with van der Waals surface area (Å²) < 4.78 is 5.87. The van der Waals surface area contributed by atoms with Crippen molar-refractivity contribution in [1.82, 2.24) is 20.5 Å². The first-order valence-electron chi connectivity index (χ1n) is 8.42. The molecule has 1 fully saturated rings. The number of nitrogens with one attached hydrogen (secondary N) is 2. The molecule has 0 aromatic carbocycles. The first-order valence-corrected chi connectivity index (χ1v) is 8.42. The van der Waals surface area contributed by atoms with Crippen LogP contribution in [0.3, 0.4) is 0 Å². The largest absolute Gasteiger partial charge is 0.474 e. The van der Waals surface area contributed by atoms with Crippen LogP contribution in [0, 0.1) is 25.2 Å². The fourth-order valence-electron chi connectivity index (χ4n) is 3.15. The summed E-state index contributed by atoms with van der Waals surface area (Å²) in [4.78, 5) is 16.5. The number of rotatable bonds is 4. The topological polar surface area (TPSA) is 104 Å². The molecule has 2 N–H and O–H groups in total. The smallest absolute Gasteiger partial charge is 0.255 e. The third-order valence-electron chi connectivity index (χ3n) is 4.52. The summed E-state index contributed by atoms with van der Waals surface area (Å²) in [5.74, 6) is 0.470. The van der Waals surface area contributed by atoms with Crippen molar-refractivity contribution in [3.8, 4) is 11.9 Å². The van der Waals surface area contributed by atoms with Crippen LogP contribution >= 0.6 is 0 Å². The number of aromatic amines is 1. The number of hydrogen-bond donors (Lipinski definition) is 2. The number of carbonyl (C=O) groups is 1. The maximum atomic E-state index is 12.4. The Balaban J connectivity index is 1.50. The molecule has 130 valence electrons. The number of carbonyl (C=O) groups excluding carboxylic acids is 1. The minimum atomic E-state index is -0.0677. The highest BCUT2D eigenvalue weighted by Gasteiger charge is 2.25. The summed E-state index contributed by atoms with van der Waals surface area (Å²) in [5, 5.41) is 18.8. The Morgan fingerprint density at radius 2 is 2.08 bits per heavy atom. The van der Waals surface area contributed by atoms with Crippen molar-refractivity contribution in [1.29, 1.82) is 5.26 Å². The van der Waals surface area contributed by atoms with Gasteiger partial charge in [0.1, 0.15) is 12.2 Å². The second-order valence-corrected chi connectivity index (χ2v) is 6.37. The van der Waals surface area contributed by atoms with Crippen LogP contribution < -0.4 is 10.1 Å². The number of H-pyrrole nitrogens is 1. The van der Waals surface area contributed by atoms with E-state index in [1.54, 1.807) is 12.1 Å². The van der Waals surface area contributed by atoms with Crippen LogP contribution in [-0.2, 0) is 0 Å². The van der Waals surface area contributed by atoms with Crippen molar-refractivity contribution in [2.24, 2.45) is 0 Å². The minimum absolute atomic E-state index is 0.0677. The molecule has 2 heterocycles. The Labute approximate surface area is 146 Å². The van der Waals surface area contributed by atoms with Crippen molar-refractivity contribution in [2.75, 3.05) is 0 Å². The highest BCUT2D eigenvalue weighted by atomic mass is 16.5. The molecule has 0 unspecified atom stereocenters. The average Bonchev–Trinajstić information content (AvgIpc) is 2.96. The number of nitriles is 1. The second-order valence-electron chi connectivity index (χ2n) is 6.37. The molecule has 1 aliphatic carbocycles. The Hall–Kier alpha value is -2.88. The third kappa shape index (κ3) is 3.97. The van der Waals surface area contributed by atoms with Gasteiger partial charge in [-0.2, -0.15) is 10.4 Å². The predicted octanol–water partition coefficient (Wildman–Crippen LogP) is 2.41. The maximum absolute atomic E-state index is 12.4. The zero-order valence-electron chi connectivity index (χ0n) is 14.4. The molecule has 3 rings (SSSR count). The van der Waals surface area contributed by atoms with Crippen molar-refractivity contribution < 1.29 is 9.53 Å². The van der Waals surface area contributed by atoms with Gasteiger partial charge in [-0.05, 0) is 45.6 Å². The number of aromatic nitrogens is 3. The SMILES string of the molecule is Cc1n[nH]c(C)c1C(=O)NC1CCC(Oc2ccc(C#N)cn2)CC1. The van der Waals surface area contributed by atoms with Crippen LogP contribution in [0.2, 0.25) is 0 Å². The molecule has 2 aromatic heterocycles. The number of aryl methyl sites for hydroxylation is 2. The monoisotopic (exact) mass is 339 g/mol. The van der Waals surface area contributed by atoms with Crippen LogP contribution in [0.1, 0.15) is 53.0 Å². The maximum Gasteiger partial charge on any atom is 0.255 e. The average molecular weight is 339 g/mol. The Bertz CT molecular complexity index is 763. The van der Waals surface area contributed by atoms with E-state index in [1.807, 2.05) is 19.9 Å². The molecule has 25 heavy (non-hydrogen) atoms. The fraction of sp³-hybridized carbons (Fsp3) is 0.444. The lowest BCUT2D eigenvalue weighted by atomic mass is 9.92. The number of ether oxygens (including phenoxy) is 1. The van der Waals surface area contributed by atoms with E-state index in [-0.39, 0.29) is 18.1 Å². The molecule has 0 atom stereocenters. The van der Waals surface area contributed by atoms with Crippen LogP contribution in [0.15, 0.2) is 18.3 Å². The summed E-state index contributed by atoms with van der Waals surface area (Å²) >= 11 is 0. The Morgan fingerprint density at radius 3 is 2.64 bits per heavy atom. The molecule has 7 heteroatoms. The molecule has 0 spiro atoms. The second kappa shape index (κ2) is 7.34. The molecule has 0 bridgehead atoms. The molecule has 1 aliphatic rings. The summed E-state index contributed by atoms with van der Waals surface area (Å²) in [6, 6.07) is 5.60. The van der Waals surface area contributed by atoms with Crippen LogP contribution in [0.5, 0.6) is 5.88 Å². The van der Waals surface area contributed by atoms with Gasteiger partial charge in [0.15, 0.2) is 0 Å². The van der Waals surface area contributed by atoms with E-state index in [9.17, 15) is 4.79 Å². The molecular formula is C18H21N5O2. The number of amides is 1. The molecule has 1 saturated carbocycles. The van der Waals surface area contributed by atoms with Crippen LogP contribution in [-0.4, -0.2) is 33.2 Å². The van der Waals surface area contributed by atoms with E-state index in [2.05, 4.69) is 20.5 Å². The summed E-state index contributed by atoms with van der Waals surface area (Å²) in [7, 11) is 0. The third-order valence-corrected chi connectivity index (χ3v) is 4.52. The molecule has 1 amide bonds. The van der Waals surface area contributed by atoms with E-state index >= 15 is 0 Å². The van der Waals surface area contributed by atoms with Gasteiger partial charge in [-0.15, -0.1) is 0 Å². The van der Waals surface area contributed by atoms with Gasteiger partial charge >= 0.3 is 0 Å². The number of nitrogens with zero attached hydrogens (tertiary/aromatic N) is 3. The van der Waals surface area contributed by atoms with Gasteiger partial charge in [-0.1, -0.05) is 0 Å². The van der Waals surface area contributed by atoms with Gasteiger partial charge in [-0.25, -0.2) is 4.98 Å². The Kier molecular flexibility index (Phi) is 4.98. The van der Waals surface area contributed by atoms with E-state index in [4.69, 9.17) is 10.00 Å². The van der Waals surface area contributed by atoms with Gasteiger partial charge in [-0.3, -0.25) is 9.89 Å². The van der Waals surface area contributed by atoms with Crippen LogP contribution in [0.25, 0.3) is 0 Å². The quantitative estimate of drug-likeness (QED) is 0.890. The van der Waals surface area contributed by atoms with Crippen molar-refractivity contribution in [3.63, 3.8) is 0 Å². The van der Waals surface area contributed by atoms with Crippen molar-refractivity contribution in [2.45, 2.75) is 51.7 Å². The van der Waals surface area contributed by atoms with E-state index in [0.717, 1.165) is 37.1 Å². The van der Waals surface area contributed by atoms with Gasteiger partial charge in [0.2, 0.25) is 5.88 Å². The standard InChI is InChI=1S/C18H21N5O2/c1-11-17(12(2)23-22-11)18(24)21-14-4-6-15(7-5-14)25-16-8-3-13(9-19)10-20-16/h3,8,10,14-15H,4-7H2,1-2H3,(H,21,24)(H,22,23). The molecule has 0 aliphatic heterocycles. The van der Waals surface area contributed by atoms with E-state index in [1.165, 1.54) is 6.20 Å². The van der Waals surface area contributed by atoms with Gasteiger partial charge < -0.3 is 10.1 Å². The van der Waals surface area contributed by atoms with Crippen molar-refractivity contribution in [3.05, 3.63) is 40.8 Å². The minimum Gasteiger partial charge on any atom is -0.474 e. The summed E-state index contributed by atoms with van der Waals surface area (Å²) in [5.41, 5.74) is 2.67. The lowest BCUT2D eigenvalue weighted by Crippen LogP contribution is -2.40. The molecule has 0 saturated heterocycles. The lowest BCUT2D eigenvalue weighted by molar-refractivity contribution is 0.0889. The highest BCUT2D eigenvalue weighted by molar-refractivity contribution is 5.96. The summed E-state index contributed by atoms with van der Waals surface area (Å²) in [6.07, 6.45) is 5.04. The zero-order valence-corrected chi connectivity index (χ0v) is 14.4. The van der Waals surface area contributed by atoms with Gasteiger partial charge in [0.05, 0.1) is 16.8 Å². The van der Waals surface area contributed by atoms with E-state index in [0.29, 0.717) is 17.0 Å². The summed E-state index contributed by atoms with van der Waals surface area (Å²) in [6.45, 7) is 3.68. The molecule has 2 aromatic rings. The van der Waals surface area contributed by atoms with Crippen LogP contribution in [0.4, 0.5) is 0 Å². The number of pyridine rings is 1. The Morgan fingerprint density at radius 1 is 1.32 bits per heavy atom. The van der Waals surface area contributed by atoms with E-state index < -0.39 is 0 Å². The molecular weight excluding hydrogens is 318 g/mol. The zero-order chi connectivity index (χ0) is 17.8. The first-order chi connectivity index (χ1) is 12.1. The molecule has 0 radical (unpaired) electrons. The number of hydrogen-bond acceptors (Lipinski definition) is 5. The fourth-order valence-corrected chi connectivity index (χ4v) is 3.15. The van der Waals surface area contributed by atoms with Gasteiger partial charge in [0.25, 0.3) is 5.91 Å². The molecule has 7 nitrogen and oxygen atoms in total. The van der Waals surface area contributed by atoms with Crippen molar-refractivity contribution >= 4 is 5.91 Å². The first kappa shape index (κ1) is 17.0. The lowest BCUT2D eigenvalue weighted by Gasteiger charge is -2.29.